The smallest absolute Gasteiger partial charge is 0.199 e. The van der Waals surface area contributed by atoms with Crippen molar-refractivity contribution in [3.8, 4) is 5.69 Å². The highest BCUT2D eigenvalue weighted by molar-refractivity contribution is 9.10. The molecular formula is C16H18BrN5S. The Hall–Kier alpha value is -1.73. The van der Waals surface area contributed by atoms with Gasteiger partial charge in [-0.25, -0.2) is 0 Å². The van der Waals surface area contributed by atoms with Gasteiger partial charge in [0.25, 0.3) is 0 Å². The van der Waals surface area contributed by atoms with Crippen LogP contribution in [0.5, 0.6) is 0 Å². The van der Waals surface area contributed by atoms with E-state index in [0.717, 1.165) is 40.3 Å². The minimum absolute atomic E-state index is 0.611. The van der Waals surface area contributed by atoms with Crippen LogP contribution in [-0.2, 0) is 13.0 Å². The topological polar surface area (TPSA) is 51.4 Å². The molecule has 0 aliphatic carbocycles. The molecule has 0 atom stereocenters. The number of nitrogens with one attached hydrogen (secondary N) is 1. The molecular weight excluding hydrogens is 374 g/mol. The second-order valence-electron chi connectivity index (χ2n) is 5.58. The number of halogens is 1. The van der Waals surface area contributed by atoms with Crippen molar-refractivity contribution >= 4 is 28.1 Å². The lowest BCUT2D eigenvalue weighted by Gasteiger charge is -2.08. The normalized spacial score (nSPS) is 11.1. The molecule has 0 amide bonds. The molecule has 1 aromatic carbocycles. The predicted octanol–water partition coefficient (Wildman–Crippen LogP) is 4.06. The highest BCUT2D eigenvalue weighted by Gasteiger charge is 2.12. The Bertz CT molecular complexity index is 906. The number of nitrogens with zero attached hydrogens (tertiary/aromatic N) is 4. The van der Waals surface area contributed by atoms with E-state index in [9.17, 15) is 0 Å². The molecule has 0 saturated carbocycles. The molecule has 2 aromatic heterocycles. The van der Waals surface area contributed by atoms with E-state index in [2.05, 4.69) is 57.2 Å². The van der Waals surface area contributed by atoms with Crippen LogP contribution in [0, 0.1) is 25.5 Å². The maximum absolute atomic E-state index is 5.39. The Kier molecular flexibility index (Phi) is 4.50. The van der Waals surface area contributed by atoms with E-state index in [1.807, 2.05) is 28.3 Å². The number of hydrogen-bond acceptors (Lipinski definition) is 3. The minimum atomic E-state index is 0.611. The van der Waals surface area contributed by atoms with Gasteiger partial charge in [0.2, 0.25) is 0 Å². The van der Waals surface area contributed by atoms with Crippen molar-refractivity contribution in [2.75, 3.05) is 0 Å². The van der Waals surface area contributed by atoms with Crippen LogP contribution < -0.4 is 0 Å². The fourth-order valence-electron chi connectivity index (χ4n) is 2.63. The Labute approximate surface area is 148 Å². The highest BCUT2D eigenvalue weighted by Crippen LogP contribution is 2.20. The molecule has 0 spiro atoms. The van der Waals surface area contributed by atoms with Gasteiger partial charge in [0.05, 0.1) is 10.2 Å². The van der Waals surface area contributed by atoms with Gasteiger partial charge in [-0.1, -0.05) is 12.1 Å². The second kappa shape index (κ2) is 6.41. The Morgan fingerprint density at radius 2 is 2.04 bits per heavy atom. The summed E-state index contributed by atoms with van der Waals surface area (Å²) in [5.74, 6) is 0.907. The number of H-pyrrole nitrogens is 1. The van der Waals surface area contributed by atoms with Crippen LogP contribution in [0.25, 0.3) is 5.69 Å². The lowest BCUT2D eigenvalue weighted by molar-refractivity contribution is 0.577. The number of hydrogen-bond donors (Lipinski definition) is 1. The molecule has 0 aliphatic rings. The van der Waals surface area contributed by atoms with Crippen LogP contribution in [-0.4, -0.2) is 24.5 Å². The van der Waals surface area contributed by atoms with Crippen molar-refractivity contribution in [3.05, 3.63) is 56.3 Å². The zero-order valence-electron chi connectivity index (χ0n) is 13.3. The first-order valence-electron chi connectivity index (χ1n) is 7.40. The number of rotatable bonds is 4. The molecule has 0 radical (unpaired) electrons. The number of aromatic amines is 1. The van der Waals surface area contributed by atoms with E-state index in [1.165, 1.54) is 5.56 Å². The molecule has 120 valence electrons. The van der Waals surface area contributed by atoms with Crippen molar-refractivity contribution in [2.45, 2.75) is 33.7 Å². The Morgan fingerprint density at radius 1 is 1.26 bits per heavy atom. The van der Waals surface area contributed by atoms with Crippen molar-refractivity contribution in [2.24, 2.45) is 0 Å². The summed E-state index contributed by atoms with van der Waals surface area (Å²) in [4.78, 5) is 0. The SMILES string of the molecule is Cc1cccc(-n2c(CCn3nc(C)c(Br)c3C)n[nH]c2=S)c1. The average Bonchev–Trinajstić information content (AvgIpc) is 3.00. The summed E-state index contributed by atoms with van der Waals surface area (Å²) in [6.07, 6.45) is 0.746. The molecule has 23 heavy (non-hydrogen) atoms. The molecule has 0 unspecified atom stereocenters. The van der Waals surface area contributed by atoms with Crippen LogP contribution >= 0.6 is 28.1 Å². The van der Waals surface area contributed by atoms with Gasteiger partial charge >= 0.3 is 0 Å². The molecule has 2 heterocycles. The Morgan fingerprint density at radius 3 is 2.70 bits per heavy atom. The van der Waals surface area contributed by atoms with Gasteiger partial charge in [0.15, 0.2) is 4.77 Å². The minimum Gasteiger partial charge on any atom is -0.272 e. The maximum Gasteiger partial charge on any atom is 0.199 e. The largest absolute Gasteiger partial charge is 0.272 e. The number of aromatic nitrogens is 5. The van der Waals surface area contributed by atoms with E-state index >= 15 is 0 Å². The van der Waals surface area contributed by atoms with E-state index in [-0.39, 0.29) is 0 Å². The van der Waals surface area contributed by atoms with E-state index in [1.54, 1.807) is 0 Å². The summed E-state index contributed by atoms with van der Waals surface area (Å²) in [6, 6.07) is 8.25. The van der Waals surface area contributed by atoms with E-state index < -0.39 is 0 Å². The third-order valence-corrected chi connectivity index (χ3v) is 5.26. The lowest BCUT2D eigenvalue weighted by atomic mass is 10.2. The first-order chi connectivity index (χ1) is 11.0. The second-order valence-corrected chi connectivity index (χ2v) is 6.76. The molecule has 0 saturated heterocycles. The molecule has 5 nitrogen and oxygen atoms in total. The number of benzene rings is 1. The van der Waals surface area contributed by atoms with Crippen molar-refractivity contribution in [3.63, 3.8) is 0 Å². The summed E-state index contributed by atoms with van der Waals surface area (Å²) < 4.78 is 5.66. The van der Waals surface area contributed by atoms with E-state index in [0.29, 0.717) is 4.77 Å². The Balaban J connectivity index is 1.90. The number of aryl methyl sites for hydroxylation is 4. The quantitative estimate of drug-likeness (QED) is 0.682. The van der Waals surface area contributed by atoms with Gasteiger partial charge in [-0.2, -0.15) is 10.2 Å². The zero-order valence-corrected chi connectivity index (χ0v) is 15.7. The molecule has 0 fully saturated rings. The maximum atomic E-state index is 5.39. The van der Waals surface area contributed by atoms with Gasteiger partial charge in [-0.05, 0) is 66.6 Å². The van der Waals surface area contributed by atoms with Gasteiger partial charge in [0.1, 0.15) is 5.82 Å². The van der Waals surface area contributed by atoms with Crippen LogP contribution in [0.2, 0.25) is 0 Å². The van der Waals surface area contributed by atoms with Crippen LogP contribution in [0.15, 0.2) is 28.7 Å². The summed E-state index contributed by atoms with van der Waals surface area (Å²) >= 11 is 8.96. The lowest BCUT2D eigenvalue weighted by Crippen LogP contribution is -2.09. The average molecular weight is 392 g/mol. The van der Waals surface area contributed by atoms with Crippen LogP contribution in [0.3, 0.4) is 0 Å². The van der Waals surface area contributed by atoms with Crippen molar-refractivity contribution in [1.82, 2.24) is 24.5 Å². The van der Waals surface area contributed by atoms with Gasteiger partial charge in [0, 0.05) is 24.3 Å². The molecule has 0 aliphatic heterocycles. The molecule has 3 rings (SSSR count). The standard InChI is InChI=1S/C16H18BrN5S/c1-10-5-4-6-13(9-10)22-14(18-19-16(22)23)7-8-21-12(3)15(17)11(2)20-21/h4-6,9H,7-8H2,1-3H3,(H,19,23). The zero-order chi connectivity index (χ0) is 16.6. The molecule has 0 bridgehead atoms. The fourth-order valence-corrected chi connectivity index (χ4v) is 3.17. The molecule has 3 aromatic rings. The van der Waals surface area contributed by atoms with Gasteiger partial charge in [-0.3, -0.25) is 14.3 Å². The van der Waals surface area contributed by atoms with Gasteiger partial charge in [-0.15, -0.1) is 0 Å². The predicted molar refractivity (Wildman–Crippen MR) is 96.6 cm³/mol. The van der Waals surface area contributed by atoms with Crippen LogP contribution in [0.1, 0.15) is 22.8 Å². The van der Waals surface area contributed by atoms with Gasteiger partial charge < -0.3 is 0 Å². The fraction of sp³-hybridized carbons (Fsp3) is 0.312. The summed E-state index contributed by atoms with van der Waals surface area (Å²) in [5, 5.41) is 11.8. The monoisotopic (exact) mass is 391 g/mol. The summed E-state index contributed by atoms with van der Waals surface area (Å²) in [6.45, 7) is 6.88. The first-order valence-corrected chi connectivity index (χ1v) is 8.60. The first kappa shape index (κ1) is 16.1. The van der Waals surface area contributed by atoms with E-state index in [4.69, 9.17) is 12.2 Å². The molecule has 7 heteroatoms. The van der Waals surface area contributed by atoms with Crippen LogP contribution in [0.4, 0.5) is 0 Å². The molecule has 1 N–H and O–H groups in total. The highest BCUT2D eigenvalue weighted by atomic mass is 79.9. The third kappa shape index (κ3) is 3.16. The third-order valence-electron chi connectivity index (χ3n) is 3.84. The summed E-state index contributed by atoms with van der Waals surface area (Å²) in [7, 11) is 0. The summed E-state index contributed by atoms with van der Waals surface area (Å²) in [5.41, 5.74) is 4.35. The van der Waals surface area contributed by atoms with Crippen molar-refractivity contribution < 1.29 is 0 Å². The van der Waals surface area contributed by atoms with Crippen molar-refractivity contribution in [1.29, 1.82) is 0 Å².